The predicted molar refractivity (Wildman–Crippen MR) is 94.1 cm³/mol. The molecule has 0 spiro atoms. The first kappa shape index (κ1) is 15.8. The van der Waals surface area contributed by atoms with Crippen molar-refractivity contribution in [3.05, 3.63) is 57.6 Å². The van der Waals surface area contributed by atoms with Crippen molar-refractivity contribution >= 4 is 28.1 Å². The normalized spacial score (nSPS) is 14.2. The summed E-state index contributed by atoms with van der Waals surface area (Å²) in [5.74, 6) is 0.204. The fourth-order valence-electron chi connectivity index (χ4n) is 2.92. The van der Waals surface area contributed by atoms with Crippen molar-refractivity contribution in [2.75, 3.05) is 18.0 Å². The van der Waals surface area contributed by atoms with Crippen molar-refractivity contribution in [2.45, 2.75) is 19.4 Å². The second-order valence-corrected chi connectivity index (χ2v) is 6.66. The summed E-state index contributed by atoms with van der Waals surface area (Å²) in [6.07, 6.45) is 5.54. The van der Waals surface area contributed by atoms with Gasteiger partial charge in [-0.2, -0.15) is 0 Å². The summed E-state index contributed by atoms with van der Waals surface area (Å²) >= 11 is 1.36. The summed E-state index contributed by atoms with van der Waals surface area (Å²) in [5, 5.41) is 1.79. The molecule has 0 bridgehead atoms. The lowest BCUT2D eigenvalue weighted by Crippen LogP contribution is -2.22. The summed E-state index contributed by atoms with van der Waals surface area (Å²) in [6, 6.07) is 4.82. The highest BCUT2D eigenvalue weighted by atomic mass is 32.1. The van der Waals surface area contributed by atoms with Gasteiger partial charge in [0.2, 0.25) is 0 Å². The molecule has 3 aromatic rings. The minimum Gasteiger partial charge on any atom is -0.455 e. The molecule has 1 fully saturated rings. The molecule has 3 aromatic heterocycles. The van der Waals surface area contributed by atoms with Crippen LogP contribution in [0.2, 0.25) is 0 Å². The zero-order chi connectivity index (χ0) is 17.2. The van der Waals surface area contributed by atoms with Crippen LogP contribution >= 0.6 is 11.3 Å². The molecule has 25 heavy (non-hydrogen) atoms. The summed E-state index contributed by atoms with van der Waals surface area (Å²) in [7, 11) is 0. The van der Waals surface area contributed by atoms with E-state index < -0.39 is 5.97 Å². The van der Waals surface area contributed by atoms with Crippen molar-refractivity contribution in [2.24, 2.45) is 0 Å². The van der Waals surface area contributed by atoms with Crippen LogP contribution in [0.3, 0.4) is 0 Å². The van der Waals surface area contributed by atoms with Crippen molar-refractivity contribution < 1.29 is 9.53 Å². The maximum Gasteiger partial charge on any atom is 0.342 e. The van der Waals surface area contributed by atoms with Crippen LogP contribution in [-0.2, 0) is 11.3 Å². The molecule has 0 amide bonds. The fourth-order valence-corrected chi connectivity index (χ4v) is 3.65. The van der Waals surface area contributed by atoms with Crippen LogP contribution in [0.15, 0.2) is 40.8 Å². The third kappa shape index (κ3) is 3.12. The van der Waals surface area contributed by atoms with E-state index in [4.69, 9.17) is 4.74 Å². The molecule has 1 saturated heterocycles. The van der Waals surface area contributed by atoms with E-state index in [9.17, 15) is 9.59 Å². The van der Waals surface area contributed by atoms with E-state index in [1.165, 1.54) is 21.8 Å². The van der Waals surface area contributed by atoms with Crippen LogP contribution < -0.4 is 10.5 Å². The van der Waals surface area contributed by atoms with Gasteiger partial charge in [0.1, 0.15) is 18.0 Å². The van der Waals surface area contributed by atoms with Crippen LogP contribution in [0.25, 0.3) is 4.96 Å². The Morgan fingerprint density at radius 1 is 1.32 bits per heavy atom. The summed E-state index contributed by atoms with van der Waals surface area (Å²) in [4.78, 5) is 35.8. The first-order valence-corrected chi connectivity index (χ1v) is 8.93. The van der Waals surface area contributed by atoms with E-state index in [1.807, 2.05) is 0 Å². The SMILES string of the molecule is O=C(OCc1cc(=O)n2ccsc2n1)c1cccnc1N1CCCC1. The third-order valence-electron chi connectivity index (χ3n) is 4.12. The molecule has 0 aliphatic carbocycles. The fraction of sp³-hybridized carbons (Fsp3) is 0.294. The Balaban J connectivity index is 1.53. The van der Waals surface area contributed by atoms with E-state index in [2.05, 4.69) is 14.9 Å². The number of rotatable bonds is 4. The molecule has 8 heteroatoms. The minimum atomic E-state index is -0.455. The molecule has 0 atom stereocenters. The van der Waals surface area contributed by atoms with Crippen LogP contribution in [0.4, 0.5) is 5.82 Å². The van der Waals surface area contributed by atoms with Crippen LogP contribution in [-0.4, -0.2) is 33.4 Å². The number of thiazole rings is 1. The van der Waals surface area contributed by atoms with Gasteiger partial charge < -0.3 is 9.64 Å². The predicted octanol–water partition coefficient (Wildman–Crippen LogP) is 2.11. The molecule has 1 aliphatic rings. The molecule has 0 unspecified atom stereocenters. The second kappa shape index (κ2) is 6.64. The number of carbonyl (C=O) groups excluding carboxylic acids is 1. The summed E-state index contributed by atoms with van der Waals surface area (Å²) in [5.41, 5.74) is 0.696. The zero-order valence-electron chi connectivity index (χ0n) is 13.4. The van der Waals surface area contributed by atoms with Gasteiger partial charge in [-0.25, -0.2) is 14.8 Å². The number of pyridine rings is 1. The highest BCUT2D eigenvalue weighted by Gasteiger charge is 2.21. The number of hydrogen-bond donors (Lipinski definition) is 0. The smallest absolute Gasteiger partial charge is 0.342 e. The molecule has 7 nitrogen and oxygen atoms in total. The van der Waals surface area contributed by atoms with Crippen molar-refractivity contribution in [3.63, 3.8) is 0 Å². The van der Waals surface area contributed by atoms with Gasteiger partial charge in [0.15, 0.2) is 4.96 Å². The molecule has 0 saturated carbocycles. The number of aromatic nitrogens is 3. The van der Waals surface area contributed by atoms with Crippen molar-refractivity contribution in [3.8, 4) is 0 Å². The standard InChI is InChI=1S/C17H16N4O3S/c22-14-10-12(19-17-21(14)8-9-25-17)11-24-16(23)13-4-3-5-18-15(13)20-6-1-2-7-20/h3-5,8-10H,1-2,6-7,11H2. The van der Waals surface area contributed by atoms with Gasteiger partial charge in [-0.05, 0) is 25.0 Å². The quantitative estimate of drug-likeness (QED) is 0.667. The second-order valence-electron chi connectivity index (χ2n) is 5.79. The number of anilines is 1. The largest absolute Gasteiger partial charge is 0.455 e. The Labute approximate surface area is 147 Å². The number of ether oxygens (including phenoxy) is 1. The molecule has 4 heterocycles. The molecule has 4 rings (SSSR count). The molecule has 1 aliphatic heterocycles. The Hall–Kier alpha value is -2.74. The van der Waals surface area contributed by atoms with Gasteiger partial charge in [-0.3, -0.25) is 9.20 Å². The topological polar surface area (TPSA) is 76.8 Å². The lowest BCUT2D eigenvalue weighted by Gasteiger charge is -2.18. The zero-order valence-corrected chi connectivity index (χ0v) is 14.2. The van der Waals surface area contributed by atoms with Crippen LogP contribution in [0.5, 0.6) is 0 Å². The Bertz CT molecular complexity index is 975. The monoisotopic (exact) mass is 356 g/mol. The van der Waals surface area contributed by atoms with Gasteiger partial charge in [-0.15, -0.1) is 11.3 Å². The number of carbonyl (C=O) groups is 1. The third-order valence-corrected chi connectivity index (χ3v) is 4.88. The van der Waals surface area contributed by atoms with Crippen LogP contribution in [0, 0.1) is 0 Å². The average molecular weight is 356 g/mol. The molecular weight excluding hydrogens is 340 g/mol. The Kier molecular flexibility index (Phi) is 4.19. The van der Waals surface area contributed by atoms with Gasteiger partial charge in [0.25, 0.3) is 5.56 Å². The number of nitrogens with zero attached hydrogens (tertiary/aromatic N) is 4. The van der Waals surface area contributed by atoms with E-state index >= 15 is 0 Å². The van der Waals surface area contributed by atoms with Gasteiger partial charge in [0.05, 0.1) is 5.69 Å². The lowest BCUT2D eigenvalue weighted by molar-refractivity contribution is 0.0468. The first-order chi connectivity index (χ1) is 12.2. The van der Waals surface area contributed by atoms with E-state index in [0.717, 1.165) is 25.9 Å². The first-order valence-electron chi connectivity index (χ1n) is 8.05. The summed E-state index contributed by atoms with van der Waals surface area (Å²) < 4.78 is 6.84. The highest BCUT2D eigenvalue weighted by Crippen LogP contribution is 2.22. The van der Waals surface area contributed by atoms with Crippen molar-refractivity contribution in [1.29, 1.82) is 0 Å². The lowest BCUT2D eigenvalue weighted by atomic mass is 10.2. The molecule has 0 radical (unpaired) electrons. The van der Waals surface area contributed by atoms with E-state index in [1.54, 1.807) is 29.9 Å². The van der Waals surface area contributed by atoms with Gasteiger partial charge in [0, 0.05) is 36.9 Å². The minimum absolute atomic E-state index is 0.0448. The van der Waals surface area contributed by atoms with E-state index in [0.29, 0.717) is 22.0 Å². The van der Waals surface area contributed by atoms with Gasteiger partial charge in [-0.1, -0.05) is 0 Å². The molecule has 0 aromatic carbocycles. The van der Waals surface area contributed by atoms with Crippen molar-refractivity contribution in [1.82, 2.24) is 14.4 Å². The Morgan fingerprint density at radius 3 is 3.00 bits per heavy atom. The molecule has 128 valence electrons. The maximum absolute atomic E-state index is 12.5. The maximum atomic E-state index is 12.5. The number of esters is 1. The number of hydrogen-bond acceptors (Lipinski definition) is 7. The molecular formula is C17H16N4O3S. The highest BCUT2D eigenvalue weighted by molar-refractivity contribution is 7.15. The van der Waals surface area contributed by atoms with Crippen LogP contribution in [0.1, 0.15) is 28.9 Å². The average Bonchev–Trinajstić information content (AvgIpc) is 3.31. The van der Waals surface area contributed by atoms with Gasteiger partial charge >= 0.3 is 5.97 Å². The number of fused-ring (bicyclic) bond motifs is 1. The Morgan fingerprint density at radius 2 is 2.16 bits per heavy atom. The van der Waals surface area contributed by atoms with E-state index in [-0.39, 0.29) is 12.2 Å². The summed E-state index contributed by atoms with van der Waals surface area (Å²) in [6.45, 7) is 1.74. The molecule has 0 N–H and O–H groups in total.